The summed E-state index contributed by atoms with van der Waals surface area (Å²) >= 11 is 1.64. The monoisotopic (exact) mass is 267 g/mol. The van der Waals surface area contributed by atoms with Crippen LogP contribution in [-0.4, -0.2) is 35.5 Å². The van der Waals surface area contributed by atoms with Gasteiger partial charge >= 0.3 is 0 Å². The molecule has 1 aliphatic heterocycles. The molecule has 2 rings (SSSR count). The minimum Gasteiger partial charge on any atom is -0.396 e. The maximum absolute atomic E-state index is 11.6. The highest BCUT2D eigenvalue weighted by Gasteiger charge is 2.33. The van der Waals surface area contributed by atoms with Gasteiger partial charge in [-0.1, -0.05) is 13.0 Å². The molecule has 1 amide bonds. The quantitative estimate of drug-likeness (QED) is 0.810. The molecule has 0 saturated carbocycles. The molecule has 2 N–H and O–H groups in total. The molecule has 4 nitrogen and oxygen atoms in total. The van der Waals surface area contributed by atoms with Crippen LogP contribution in [0.25, 0.3) is 0 Å². The zero-order chi connectivity index (χ0) is 13.3. The summed E-state index contributed by atoms with van der Waals surface area (Å²) < 4.78 is 0. The fourth-order valence-electron chi connectivity index (χ4n) is 1.86. The van der Waals surface area contributed by atoms with Crippen LogP contribution in [0.5, 0.6) is 0 Å². The number of benzene rings is 1. The van der Waals surface area contributed by atoms with Gasteiger partial charge in [-0.05, 0) is 18.1 Å². The highest BCUT2D eigenvalue weighted by Crippen LogP contribution is 2.37. The van der Waals surface area contributed by atoms with Gasteiger partial charge in [-0.15, -0.1) is 11.8 Å². The average molecular weight is 267 g/mol. The van der Waals surface area contributed by atoms with Crippen molar-refractivity contribution >= 4 is 23.4 Å². The number of aliphatic hydroxyl groups excluding tert-OH is 2. The molecule has 0 saturated heterocycles. The van der Waals surface area contributed by atoms with E-state index in [0.29, 0.717) is 5.56 Å². The van der Waals surface area contributed by atoms with Gasteiger partial charge in [0.25, 0.3) is 5.91 Å². The summed E-state index contributed by atoms with van der Waals surface area (Å²) in [7, 11) is 1.67. The van der Waals surface area contributed by atoms with Crippen molar-refractivity contribution in [2.24, 2.45) is 5.92 Å². The second-order valence-corrected chi connectivity index (χ2v) is 5.71. The summed E-state index contributed by atoms with van der Waals surface area (Å²) in [6, 6.07) is 5.62. The van der Waals surface area contributed by atoms with Crippen LogP contribution in [0, 0.1) is 5.92 Å². The fraction of sp³-hybridized carbons (Fsp3) is 0.462. The number of nitrogens with zero attached hydrogens (tertiary/aromatic N) is 1. The minimum atomic E-state index is -1.03. The zero-order valence-electron chi connectivity index (χ0n) is 10.5. The van der Waals surface area contributed by atoms with Crippen LogP contribution in [0.1, 0.15) is 18.6 Å². The molecule has 1 aromatic rings. The van der Waals surface area contributed by atoms with Crippen molar-refractivity contribution < 1.29 is 15.0 Å². The number of thioether (sulfide) groups is 1. The lowest BCUT2D eigenvalue weighted by atomic mass is 10.1. The molecular formula is C13H17NO3S. The Morgan fingerprint density at radius 3 is 2.89 bits per heavy atom. The van der Waals surface area contributed by atoms with Gasteiger partial charge in [0.2, 0.25) is 0 Å². The lowest BCUT2D eigenvalue weighted by Gasteiger charge is -2.12. The number of aliphatic hydroxyl groups is 2. The van der Waals surface area contributed by atoms with Gasteiger partial charge in [0.15, 0.2) is 6.10 Å². The molecule has 0 radical (unpaired) electrons. The SMILES string of the molecule is CC(CO)CSc1ccc2c(c1)N(C)C(=O)C2O. The normalized spacial score (nSPS) is 20.1. The summed E-state index contributed by atoms with van der Waals surface area (Å²) in [6.45, 7) is 2.16. The van der Waals surface area contributed by atoms with Crippen LogP contribution in [0.4, 0.5) is 5.69 Å². The van der Waals surface area contributed by atoms with Crippen molar-refractivity contribution in [2.45, 2.75) is 17.9 Å². The van der Waals surface area contributed by atoms with Gasteiger partial charge in [-0.3, -0.25) is 4.79 Å². The van der Waals surface area contributed by atoms with E-state index in [-0.39, 0.29) is 18.4 Å². The van der Waals surface area contributed by atoms with Crippen molar-refractivity contribution in [3.63, 3.8) is 0 Å². The van der Waals surface area contributed by atoms with Crippen LogP contribution in [0.2, 0.25) is 0 Å². The summed E-state index contributed by atoms with van der Waals surface area (Å²) in [5, 5.41) is 18.7. The topological polar surface area (TPSA) is 60.8 Å². The van der Waals surface area contributed by atoms with Gasteiger partial charge in [0.05, 0.1) is 5.69 Å². The number of hydrogen-bond donors (Lipinski definition) is 2. The first-order chi connectivity index (χ1) is 8.54. The number of fused-ring (bicyclic) bond motifs is 1. The molecule has 1 aliphatic rings. The second kappa shape index (κ2) is 5.30. The van der Waals surface area contributed by atoms with Crippen LogP contribution in [0.3, 0.4) is 0 Å². The summed E-state index contributed by atoms with van der Waals surface area (Å²) in [4.78, 5) is 14.2. The summed E-state index contributed by atoms with van der Waals surface area (Å²) in [5.41, 5.74) is 1.44. The van der Waals surface area contributed by atoms with Crippen molar-refractivity contribution in [1.82, 2.24) is 0 Å². The molecular weight excluding hydrogens is 250 g/mol. The molecule has 5 heteroatoms. The Morgan fingerprint density at radius 1 is 1.50 bits per heavy atom. The number of rotatable bonds is 4. The molecule has 0 aliphatic carbocycles. The third-order valence-corrected chi connectivity index (χ3v) is 4.39. The molecule has 0 bridgehead atoms. The largest absolute Gasteiger partial charge is 0.396 e. The second-order valence-electron chi connectivity index (χ2n) is 4.62. The smallest absolute Gasteiger partial charge is 0.260 e. The lowest BCUT2D eigenvalue weighted by Crippen LogP contribution is -2.23. The standard InChI is InChI=1S/C13H17NO3S/c1-8(6-15)7-18-9-3-4-10-11(5-9)14(2)13(17)12(10)16/h3-5,8,12,15-16H,6-7H2,1-2H3. The average Bonchev–Trinajstić information content (AvgIpc) is 2.61. The first-order valence-corrected chi connectivity index (χ1v) is 6.86. The van der Waals surface area contributed by atoms with E-state index < -0.39 is 6.10 Å². The summed E-state index contributed by atoms with van der Waals surface area (Å²) in [5.74, 6) is 0.791. The Morgan fingerprint density at radius 2 is 2.22 bits per heavy atom. The molecule has 18 heavy (non-hydrogen) atoms. The fourth-order valence-corrected chi connectivity index (χ4v) is 2.80. The predicted molar refractivity (Wildman–Crippen MR) is 71.8 cm³/mol. The van der Waals surface area contributed by atoms with Crippen molar-refractivity contribution in [3.05, 3.63) is 23.8 Å². The van der Waals surface area contributed by atoms with Crippen LogP contribution in [0.15, 0.2) is 23.1 Å². The van der Waals surface area contributed by atoms with E-state index >= 15 is 0 Å². The predicted octanol–water partition coefficient (Wildman–Crippen LogP) is 1.42. The first kappa shape index (κ1) is 13.4. The van der Waals surface area contributed by atoms with E-state index in [1.54, 1.807) is 24.9 Å². The third-order valence-electron chi connectivity index (χ3n) is 3.07. The molecule has 2 atom stereocenters. The highest BCUT2D eigenvalue weighted by molar-refractivity contribution is 7.99. The van der Waals surface area contributed by atoms with E-state index in [2.05, 4.69) is 0 Å². The van der Waals surface area contributed by atoms with E-state index in [0.717, 1.165) is 16.3 Å². The minimum absolute atomic E-state index is 0.176. The Kier molecular flexibility index (Phi) is 3.94. The number of hydrogen-bond acceptors (Lipinski definition) is 4. The van der Waals surface area contributed by atoms with Crippen molar-refractivity contribution in [1.29, 1.82) is 0 Å². The van der Waals surface area contributed by atoms with Crippen molar-refractivity contribution in [2.75, 3.05) is 24.3 Å². The van der Waals surface area contributed by atoms with E-state index in [1.807, 2.05) is 19.1 Å². The molecule has 0 spiro atoms. The van der Waals surface area contributed by atoms with Crippen LogP contribution in [-0.2, 0) is 4.79 Å². The molecule has 1 aromatic carbocycles. The summed E-state index contributed by atoms with van der Waals surface area (Å²) in [6.07, 6.45) is -1.03. The first-order valence-electron chi connectivity index (χ1n) is 5.88. The highest BCUT2D eigenvalue weighted by atomic mass is 32.2. The van der Waals surface area contributed by atoms with Crippen LogP contribution < -0.4 is 4.90 Å². The third kappa shape index (κ3) is 2.39. The molecule has 1 heterocycles. The number of amides is 1. The van der Waals surface area contributed by atoms with Gasteiger partial charge in [0, 0.05) is 29.9 Å². The van der Waals surface area contributed by atoms with Gasteiger partial charge in [-0.2, -0.15) is 0 Å². The Hall–Kier alpha value is -1.04. The molecule has 0 aromatic heterocycles. The van der Waals surface area contributed by atoms with Gasteiger partial charge < -0.3 is 15.1 Å². The molecule has 2 unspecified atom stereocenters. The number of anilines is 1. The number of carbonyl (C=O) groups excluding carboxylic acids is 1. The zero-order valence-corrected chi connectivity index (χ0v) is 11.3. The van der Waals surface area contributed by atoms with Gasteiger partial charge in [0.1, 0.15) is 0 Å². The Labute approximate surface area is 111 Å². The van der Waals surface area contributed by atoms with Gasteiger partial charge in [-0.25, -0.2) is 0 Å². The van der Waals surface area contributed by atoms with Crippen molar-refractivity contribution in [3.8, 4) is 0 Å². The van der Waals surface area contributed by atoms with E-state index in [1.165, 1.54) is 4.90 Å². The lowest BCUT2D eigenvalue weighted by molar-refractivity contribution is -0.125. The van der Waals surface area contributed by atoms with E-state index in [4.69, 9.17) is 5.11 Å². The molecule has 98 valence electrons. The number of carbonyl (C=O) groups is 1. The van der Waals surface area contributed by atoms with E-state index in [9.17, 15) is 9.90 Å². The Balaban J connectivity index is 2.16. The Bertz CT molecular complexity index is 464. The van der Waals surface area contributed by atoms with Crippen LogP contribution >= 0.6 is 11.8 Å². The molecule has 0 fully saturated rings. The maximum Gasteiger partial charge on any atom is 0.260 e. The number of likely N-dealkylation sites (N-methyl/N-ethyl adjacent to an activating group) is 1. The maximum atomic E-state index is 11.6.